The van der Waals surface area contributed by atoms with Gasteiger partial charge in [0.2, 0.25) is 0 Å². The molecule has 0 aliphatic carbocycles. The second kappa shape index (κ2) is 15.1. The van der Waals surface area contributed by atoms with Crippen LogP contribution in [-0.4, -0.2) is 68.8 Å². The van der Waals surface area contributed by atoms with Crippen LogP contribution in [0.1, 0.15) is 17.5 Å². The number of hydrogen-bond acceptors (Lipinski definition) is 6. The topological polar surface area (TPSA) is 114 Å². The van der Waals surface area contributed by atoms with Gasteiger partial charge in [0, 0.05) is 20.3 Å². The first-order chi connectivity index (χ1) is 12.4. The summed E-state index contributed by atoms with van der Waals surface area (Å²) in [7, 11) is 1.72. The third-order valence-corrected chi connectivity index (χ3v) is 3.19. The summed E-state index contributed by atoms with van der Waals surface area (Å²) in [6.07, 6.45) is 1.03. The molecule has 0 atom stereocenters. The third-order valence-electron chi connectivity index (χ3n) is 3.19. The van der Waals surface area contributed by atoms with E-state index in [1.54, 1.807) is 7.11 Å². The van der Waals surface area contributed by atoms with Crippen LogP contribution in [0.2, 0.25) is 0 Å². The van der Waals surface area contributed by atoms with E-state index >= 15 is 0 Å². The molecule has 0 saturated heterocycles. The number of para-hydroxylation sites is 1. The fraction of sp³-hybridized carbons (Fsp3) is 0.556. The summed E-state index contributed by atoms with van der Waals surface area (Å²) in [5, 5.41) is 18.1. The normalized spacial score (nSPS) is 9.96. The summed E-state index contributed by atoms with van der Waals surface area (Å²) in [6.45, 7) is 8.69. The molecular formula is C18H29NO7. The number of carbonyl (C=O) groups is 2. The molecule has 0 aliphatic heterocycles. The fourth-order valence-electron chi connectivity index (χ4n) is 1.94. The standard InChI is InChI=1S/C16H27NO3.C2H2O4/c1-14-6-4-7-15(2)16(14)20-13-12-19-11-9-17-8-5-10-18-3;3-1(4)2(5)6/h4,6-7,17H,5,8-13H2,1-3H3;(H,3,4)(H,5,6). The van der Waals surface area contributed by atoms with E-state index in [-0.39, 0.29) is 0 Å². The highest BCUT2D eigenvalue weighted by molar-refractivity contribution is 6.27. The highest BCUT2D eigenvalue weighted by atomic mass is 16.5. The second-order valence-electron chi connectivity index (χ2n) is 5.39. The van der Waals surface area contributed by atoms with Crippen molar-refractivity contribution in [1.29, 1.82) is 0 Å². The molecule has 26 heavy (non-hydrogen) atoms. The number of methoxy groups -OCH3 is 1. The maximum absolute atomic E-state index is 9.10. The summed E-state index contributed by atoms with van der Waals surface area (Å²) >= 11 is 0. The molecule has 0 aliphatic rings. The van der Waals surface area contributed by atoms with Crippen LogP contribution in [0.4, 0.5) is 0 Å². The molecule has 0 spiro atoms. The minimum atomic E-state index is -1.82. The monoisotopic (exact) mass is 371 g/mol. The molecule has 8 nitrogen and oxygen atoms in total. The lowest BCUT2D eigenvalue weighted by Crippen LogP contribution is -2.22. The molecule has 0 saturated carbocycles. The Morgan fingerprint density at radius 2 is 1.58 bits per heavy atom. The summed E-state index contributed by atoms with van der Waals surface area (Å²) in [4.78, 5) is 18.2. The van der Waals surface area contributed by atoms with Gasteiger partial charge in [0.25, 0.3) is 0 Å². The first kappa shape index (κ1) is 23.8. The zero-order valence-electron chi connectivity index (χ0n) is 15.6. The van der Waals surface area contributed by atoms with Gasteiger partial charge in [-0.25, -0.2) is 9.59 Å². The van der Waals surface area contributed by atoms with Crippen LogP contribution < -0.4 is 10.1 Å². The lowest BCUT2D eigenvalue weighted by Gasteiger charge is -2.12. The van der Waals surface area contributed by atoms with Crippen molar-refractivity contribution in [3.8, 4) is 5.75 Å². The van der Waals surface area contributed by atoms with Gasteiger partial charge in [-0.3, -0.25) is 0 Å². The number of carboxylic acids is 2. The molecule has 1 aromatic carbocycles. The van der Waals surface area contributed by atoms with E-state index in [0.29, 0.717) is 19.8 Å². The van der Waals surface area contributed by atoms with E-state index < -0.39 is 11.9 Å². The number of hydrogen-bond donors (Lipinski definition) is 3. The van der Waals surface area contributed by atoms with Crippen molar-refractivity contribution in [3.63, 3.8) is 0 Å². The maximum Gasteiger partial charge on any atom is 0.414 e. The van der Waals surface area contributed by atoms with Gasteiger partial charge >= 0.3 is 11.9 Å². The van der Waals surface area contributed by atoms with Gasteiger partial charge < -0.3 is 29.7 Å². The summed E-state index contributed by atoms with van der Waals surface area (Å²) in [6, 6.07) is 6.17. The summed E-state index contributed by atoms with van der Waals surface area (Å²) in [5.74, 6) is -2.67. The highest BCUT2D eigenvalue weighted by Gasteiger charge is 2.04. The van der Waals surface area contributed by atoms with E-state index in [0.717, 1.165) is 31.9 Å². The van der Waals surface area contributed by atoms with E-state index in [9.17, 15) is 0 Å². The molecule has 0 fully saturated rings. The molecule has 3 N–H and O–H groups in total. The van der Waals surface area contributed by atoms with Crippen LogP contribution in [0, 0.1) is 13.8 Å². The van der Waals surface area contributed by atoms with Crippen molar-refractivity contribution >= 4 is 11.9 Å². The third kappa shape index (κ3) is 12.2. The van der Waals surface area contributed by atoms with Crippen LogP contribution in [0.15, 0.2) is 18.2 Å². The number of ether oxygens (including phenoxy) is 3. The lowest BCUT2D eigenvalue weighted by molar-refractivity contribution is -0.159. The predicted octanol–water partition coefficient (Wildman–Crippen LogP) is 1.48. The number of aryl methyl sites for hydroxylation is 2. The van der Waals surface area contributed by atoms with Crippen molar-refractivity contribution in [2.45, 2.75) is 20.3 Å². The Hall–Kier alpha value is -2.16. The molecule has 0 radical (unpaired) electrons. The lowest BCUT2D eigenvalue weighted by atomic mass is 10.1. The van der Waals surface area contributed by atoms with Crippen molar-refractivity contribution in [3.05, 3.63) is 29.3 Å². The molecule has 1 rings (SSSR count). The first-order valence-electron chi connectivity index (χ1n) is 8.32. The van der Waals surface area contributed by atoms with E-state index in [1.165, 1.54) is 11.1 Å². The van der Waals surface area contributed by atoms with E-state index in [4.69, 9.17) is 34.0 Å². The number of carboxylic acid groups (broad SMARTS) is 2. The molecule has 1 aromatic rings. The van der Waals surface area contributed by atoms with Crippen LogP contribution >= 0.6 is 0 Å². The average molecular weight is 371 g/mol. The van der Waals surface area contributed by atoms with Gasteiger partial charge in [-0.15, -0.1) is 0 Å². The maximum atomic E-state index is 9.10. The molecule has 0 aromatic heterocycles. The van der Waals surface area contributed by atoms with Crippen molar-refractivity contribution in [1.82, 2.24) is 5.32 Å². The van der Waals surface area contributed by atoms with Gasteiger partial charge in [0.15, 0.2) is 0 Å². The molecule has 0 amide bonds. The van der Waals surface area contributed by atoms with E-state index in [2.05, 4.69) is 31.3 Å². The predicted molar refractivity (Wildman–Crippen MR) is 96.9 cm³/mol. The number of benzene rings is 1. The van der Waals surface area contributed by atoms with Crippen molar-refractivity contribution in [2.75, 3.05) is 46.6 Å². The van der Waals surface area contributed by atoms with Crippen LogP contribution in [0.25, 0.3) is 0 Å². The summed E-state index contributed by atoms with van der Waals surface area (Å²) in [5.41, 5.74) is 2.34. The van der Waals surface area contributed by atoms with Crippen molar-refractivity contribution in [2.24, 2.45) is 0 Å². The van der Waals surface area contributed by atoms with Gasteiger partial charge in [-0.1, -0.05) is 18.2 Å². The van der Waals surface area contributed by atoms with Crippen molar-refractivity contribution < 1.29 is 34.0 Å². The largest absolute Gasteiger partial charge is 0.491 e. The smallest absolute Gasteiger partial charge is 0.414 e. The Balaban J connectivity index is 0.000000896. The molecular weight excluding hydrogens is 342 g/mol. The summed E-state index contributed by atoms with van der Waals surface area (Å²) < 4.78 is 16.3. The molecule has 8 heteroatoms. The average Bonchev–Trinajstić information content (AvgIpc) is 2.59. The zero-order chi connectivity index (χ0) is 19.8. The van der Waals surface area contributed by atoms with Gasteiger partial charge in [-0.05, 0) is 37.9 Å². The van der Waals surface area contributed by atoms with Gasteiger partial charge in [0.1, 0.15) is 12.4 Å². The van der Waals surface area contributed by atoms with Gasteiger partial charge in [-0.2, -0.15) is 0 Å². The Kier molecular flexibility index (Phi) is 13.9. The zero-order valence-corrected chi connectivity index (χ0v) is 15.6. The molecule has 0 bridgehead atoms. The Morgan fingerprint density at radius 1 is 0.962 bits per heavy atom. The second-order valence-corrected chi connectivity index (χ2v) is 5.39. The van der Waals surface area contributed by atoms with Crippen LogP contribution in [0.3, 0.4) is 0 Å². The minimum Gasteiger partial charge on any atom is -0.491 e. The van der Waals surface area contributed by atoms with Crippen LogP contribution in [0.5, 0.6) is 5.75 Å². The highest BCUT2D eigenvalue weighted by Crippen LogP contribution is 2.21. The minimum absolute atomic E-state index is 0.593. The quantitative estimate of drug-likeness (QED) is 0.396. The molecule has 0 unspecified atom stereocenters. The number of rotatable bonds is 11. The molecule has 0 heterocycles. The number of nitrogens with one attached hydrogen (secondary N) is 1. The van der Waals surface area contributed by atoms with Gasteiger partial charge in [0.05, 0.1) is 13.2 Å². The SMILES string of the molecule is COCCCNCCOCCOc1c(C)cccc1C.O=C(O)C(=O)O. The fourth-order valence-corrected chi connectivity index (χ4v) is 1.94. The first-order valence-corrected chi connectivity index (χ1v) is 8.32. The molecule has 148 valence electrons. The Morgan fingerprint density at radius 3 is 2.12 bits per heavy atom. The van der Waals surface area contributed by atoms with E-state index in [1.807, 2.05) is 6.07 Å². The Bertz CT molecular complexity index is 502. The number of aliphatic carboxylic acids is 2. The van der Waals surface area contributed by atoms with Crippen LogP contribution in [-0.2, 0) is 19.1 Å². The Labute approximate surface area is 154 Å².